The second-order valence-electron chi connectivity index (χ2n) is 5.75. The number of amides is 1. The highest BCUT2D eigenvalue weighted by molar-refractivity contribution is 7.14. The number of aryl methyl sites for hydroxylation is 1. The molecular weight excluding hydrogens is 336 g/mol. The van der Waals surface area contributed by atoms with E-state index in [1.165, 1.54) is 5.56 Å². The third kappa shape index (κ3) is 4.10. The maximum atomic E-state index is 12.4. The van der Waals surface area contributed by atoms with Crippen LogP contribution in [0.3, 0.4) is 0 Å². The Hall–Kier alpha value is -1.98. The van der Waals surface area contributed by atoms with Gasteiger partial charge in [-0.15, -0.1) is 11.3 Å². The molecule has 1 amide bonds. The Labute approximate surface area is 150 Å². The molecule has 0 aliphatic carbocycles. The van der Waals surface area contributed by atoms with Crippen LogP contribution in [0.5, 0.6) is 0 Å². The smallest absolute Gasteiger partial charge is 0.228 e. The molecule has 24 heavy (non-hydrogen) atoms. The van der Waals surface area contributed by atoms with Crippen LogP contribution in [0.15, 0.2) is 46.5 Å². The van der Waals surface area contributed by atoms with E-state index in [1.54, 1.807) is 27.6 Å². The molecule has 0 bridgehead atoms. The lowest BCUT2D eigenvalue weighted by Gasteiger charge is -2.17. The van der Waals surface area contributed by atoms with Gasteiger partial charge in [0, 0.05) is 29.9 Å². The molecule has 0 spiro atoms. The molecular formula is C19H20N2OS2. The van der Waals surface area contributed by atoms with Crippen LogP contribution < -0.4 is 0 Å². The first-order valence-corrected chi connectivity index (χ1v) is 9.76. The summed E-state index contributed by atoms with van der Waals surface area (Å²) in [6.45, 7) is 2.77. The third-order valence-electron chi connectivity index (χ3n) is 3.93. The van der Waals surface area contributed by atoms with Crippen molar-refractivity contribution in [2.24, 2.45) is 0 Å². The quantitative estimate of drug-likeness (QED) is 0.645. The molecule has 3 aromatic rings. The fourth-order valence-corrected chi connectivity index (χ4v) is 3.97. The molecule has 0 N–H and O–H groups in total. The van der Waals surface area contributed by atoms with E-state index in [9.17, 15) is 4.79 Å². The summed E-state index contributed by atoms with van der Waals surface area (Å²) in [6.07, 6.45) is 1.38. The van der Waals surface area contributed by atoms with E-state index < -0.39 is 0 Å². The molecule has 3 rings (SSSR count). The lowest BCUT2D eigenvalue weighted by molar-refractivity contribution is -0.129. The van der Waals surface area contributed by atoms with Crippen molar-refractivity contribution in [3.63, 3.8) is 0 Å². The average molecular weight is 357 g/mol. The number of carbonyl (C=O) groups excluding carboxylic acids is 1. The van der Waals surface area contributed by atoms with E-state index in [1.807, 2.05) is 17.8 Å². The number of carbonyl (C=O) groups is 1. The molecule has 0 atom stereocenters. The number of hydrogen-bond acceptors (Lipinski definition) is 4. The highest BCUT2D eigenvalue weighted by Gasteiger charge is 2.13. The Morgan fingerprint density at radius 3 is 2.54 bits per heavy atom. The van der Waals surface area contributed by atoms with E-state index in [0.29, 0.717) is 13.0 Å². The van der Waals surface area contributed by atoms with Crippen LogP contribution in [0.25, 0.3) is 10.6 Å². The van der Waals surface area contributed by atoms with E-state index in [2.05, 4.69) is 47.6 Å². The second kappa shape index (κ2) is 7.73. The minimum Gasteiger partial charge on any atom is -0.341 e. The summed E-state index contributed by atoms with van der Waals surface area (Å²) in [5.74, 6) is 0.0942. The summed E-state index contributed by atoms with van der Waals surface area (Å²) < 4.78 is 0. The number of hydrogen-bond donors (Lipinski definition) is 0. The van der Waals surface area contributed by atoms with Crippen molar-refractivity contribution in [3.8, 4) is 10.6 Å². The lowest BCUT2D eigenvalue weighted by atomic mass is 10.1. The number of likely N-dealkylation sites (N-methyl/N-ethyl adjacent to an activating group) is 1. The van der Waals surface area contributed by atoms with Gasteiger partial charge in [-0.3, -0.25) is 4.79 Å². The zero-order valence-electron chi connectivity index (χ0n) is 13.9. The van der Waals surface area contributed by atoms with Gasteiger partial charge in [0.2, 0.25) is 5.91 Å². The van der Waals surface area contributed by atoms with Crippen molar-refractivity contribution < 1.29 is 4.79 Å². The maximum absolute atomic E-state index is 12.4. The molecule has 2 aromatic heterocycles. The molecule has 0 radical (unpaired) electrons. The standard InChI is InChI=1S/C19H20N2OS2/c1-3-14-4-6-15(7-5-14)11-21(2)18(22)10-17-13-24-19(20-17)16-8-9-23-12-16/h4-9,12-13H,3,10-11H2,1-2H3. The summed E-state index contributed by atoms with van der Waals surface area (Å²) in [4.78, 5) is 18.8. The summed E-state index contributed by atoms with van der Waals surface area (Å²) in [7, 11) is 1.85. The van der Waals surface area contributed by atoms with E-state index in [4.69, 9.17) is 0 Å². The van der Waals surface area contributed by atoms with Gasteiger partial charge in [-0.2, -0.15) is 11.3 Å². The van der Waals surface area contributed by atoms with Gasteiger partial charge in [0.05, 0.1) is 12.1 Å². The predicted molar refractivity (Wildman–Crippen MR) is 101 cm³/mol. The largest absolute Gasteiger partial charge is 0.341 e. The Morgan fingerprint density at radius 1 is 1.12 bits per heavy atom. The number of rotatable bonds is 6. The summed E-state index contributed by atoms with van der Waals surface area (Å²) >= 11 is 3.25. The summed E-state index contributed by atoms with van der Waals surface area (Å²) in [5.41, 5.74) is 4.45. The molecule has 0 saturated heterocycles. The van der Waals surface area contributed by atoms with Gasteiger partial charge in [0.15, 0.2) is 0 Å². The number of thiophene rings is 1. The van der Waals surface area contributed by atoms with Crippen molar-refractivity contribution in [1.29, 1.82) is 0 Å². The molecule has 2 heterocycles. The van der Waals surface area contributed by atoms with Crippen molar-refractivity contribution in [2.75, 3.05) is 7.05 Å². The SMILES string of the molecule is CCc1ccc(CN(C)C(=O)Cc2csc(-c3ccsc3)n2)cc1. The molecule has 5 heteroatoms. The fraction of sp³-hybridized carbons (Fsp3) is 0.263. The van der Waals surface area contributed by atoms with Crippen LogP contribution >= 0.6 is 22.7 Å². The molecule has 0 unspecified atom stereocenters. The third-order valence-corrected chi connectivity index (χ3v) is 5.55. The minimum absolute atomic E-state index is 0.0942. The predicted octanol–water partition coefficient (Wildman–Crippen LogP) is 4.64. The van der Waals surface area contributed by atoms with Crippen LogP contribution in [0.4, 0.5) is 0 Å². The number of thiazole rings is 1. The summed E-state index contributed by atoms with van der Waals surface area (Å²) in [6, 6.07) is 10.5. The van der Waals surface area contributed by atoms with E-state index >= 15 is 0 Å². The lowest BCUT2D eigenvalue weighted by Crippen LogP contribution is -2.27. The Morgan fingerprint density at radius 2 is 1.88 bits per heavy atom. The van der Waals surface area contributed by atoms with Crippen LogP contribution in [0.1, 0.15) is 23.7 Å². The zero-order valence-corrected chi connectivity index (χ0v) is 15.5. The van der Waals surface area contributed by atoms with E-state index in [-0.39, 0.29) is 5.91 Å². The van der Waals surface area contributed by atoms with Gasteiger partial charge in [-0.25, -0.2) is 4.98 Å². The van der Waals surface area contributed by atoms with Crippen LogP contribution in [0.2, 0.25) is 0 Å². The van der Waals surface area contributed by atoms with Gasteiger partial charge < -0.3 is 4.90 Å². The minimum atomic E-state index is 0.0942. The van der Waals surface area contributed by atoms with Crippen LogP contribution in [-0.2, 0) is 24.2 Å². The van der Waals surface area contributed by atoms with Gasteiger partial charge >= 0.3 is 0 Å². The van der Waals surface area contributed by atoms with Gasteiger partial charge in [0.25, 0.3) is 0 Å². The van der Waals surface area contributed by atoms with Crippen LogP contribution in [0, 0.1) is 0 Å². The molecule has 3 nitrogen and oxygen atoms in total. The van der Waals surface area contributed by atoms with Gasteiger partial charge in [-0.1, -0.05) is 31.2 Å². The Kier molecular flexibility index (Phi) is 5.43. The average Bonchev–Trinajstić information content (AvgIpc) is 3.26. The zero-order chi connectivity index (χ0) is 16.9. The van der Waals surface area contributed by atoms with E-state index in [0.717, 1.165) is 28.2 Å². The molecule has 1 aromatic carbocycles. The molecule has 0 aliphatic rings. The first kappa shape index (κ1) is 16.9. The number of aromatic nitrogens is 1. The molecule has 0 fully saturated rings. The van der Waals surface area contributed by atoms with Crippen molar-refractivity contribution in [3.05, 3.63) is 63.3 Å². The second-order valence-corrected chi connectivity index (χ2v) is 7.39. The topological polar surface area (TPSA) is 33.2 Å². The van der Waals surface area contributed by atoms with Gasteiger partial charge in [-0.05, 0) is 29.0 Å². The molecule has 0 saturated carbocycles. The first-order chi connectivity index (χ1) is 11.7. The van der Waals surface area contributed by atoms with Gasteiger partial charge in [0.1, 0.15) is 5.01 Å². The van der Waals surface area contributed by atoms with Crippen molar-refractivity contribution in [2.45, 2.75) is 26.3 Å². The maximum Gasteiger partial charge on any atom is 0.228 e. The normalized spacial score (nSPS) is 10.8. The monoisotopic (exact) mass is 356 g/mol. The highest BCUT2D eigenvalue weighted by atomic mass is 32.1. The van der Waals surface area contributed by atoms with Crippen LogP contribution in [-0.4, -0.2) is 22.8 Å². The Bertz CT molecular complexity index is 791. The number of nitrogens with zero attached hydrogens (tertiary/aromatic N) is 2. The first-order valence-electron chi connectivity index (χ1n) is 7.94. The van der Waals surface area contributed by atoms with Crippen molar-refractivity contribution >= 4 is 28.6 Å². The summed E-state index contributed by atoms with van der Waals surface area (Å²) in [5, 5.41) is 7.08. The fourth-order valence-electron chi connectivity index (χ4n) is 2.44. The number of benzene rings is 1. The Balaban J connectivity index is 1.59. The molecule has 124 valence electrons. The molecule has 0 aliphatic heterocycles. The van der Waals surface area contributed by atoms with Crippen molar-refractivity contribution in [1.82, 2.24) is 9.88 Å². The highest BCUT2D eigenvalue weighted by Crippen LogP contribution is 2.26.